The number of sulfonamides is 1. The molecule has 7 heteroatoms. The van der Waals surface area contributed by atoms with Crippen LogP contribution in [0.4, 0.5) is 0 Å². The third-order valence-electron chi connectivity index (χ3n) is 1.88. The van der Waals surface area contributed by atoms with Crippen LogP contribution in [0.5, 0.6) is 0 Å². The fourth-order valence-electron chi connectivity index (χ4n) is 1.17. The van der Waals surface area contributed by atoms with Gasteiger partial charge in [-0.2, -0.15) is 10.4 Å². The molecule has 0 aliphatic carbocycles. The van der Waals surface area contributed by atoms with Gasteiger partial charge in [0.1, 0.15) is 0 Å². The van der Waals surface area contributed by atoms with Crippen molar-refractivity contribution >= 4 is 10.0 Å². The van der Waals surface area contributed by atoms with Gasteiger partial charge in [-0.05, 0) is 12.5 Å². The molecule has 0 saturated heterocycles. The van der Waals surface area contributed by atoms with E-state index in [0.717, 1.165) is 0 Å². The Morgan fingerprint density at radius 2 is 2.33 bits per heavy atom. The first kappa shape index (κ1) is 11.7. The minimum absolute atomic E-state index is 0.0328. The Kier molecular flexibility index (Phi) is 3.44. The van der Waals surface area contributed by atoms with Crippen molar-refractivity contribution in [3.8, 4) is 6.07 Å². The van der Waals surface area contributed by atoms with E-state index in [1.54, 1.807) is 0 Å². The van der Waals surface area contributed by atoms with Gasteiger partial charge in [-0.15, -0.1) is 0 Å². The lowest BCUT2D eigenvalue weighted by molar-refractivity contribution is 0.540. The van der Waals surface area contributed by atoms with E-state index in [2.05, 4.69) is 5.10 Å². The number of rotatable bonds is 4. The molecule has 1 heterocycles. The van der Waals surface area contributed by atoms with Crippen molar-refractivity contribution in [2.24, 2.45) is 5.14 Å². The highest BCUT2D eigenvalue weighted by atomic mass is 32.2. The summed E-state index contributed by atoms with van der Waals surface area (Å²) in [6.45, 7) is 2.10. The maximum atomic E-state index is 11.2. The van der Waals surface area contributed by atoms with Crippen LogP contribution in [0.2, 0.25) is 0 Å². The molecule has 0 spiro atoms. The Balaban J connectivity index is 3.13. The summed E-state index contributed by atoms with van der Waals surface area (Å²) in [5, 5.41) is 17.4. The fraction of sp³-hybridized carbons (Fsp3) is 0.500. The Hall–Kier alpha value is -1.39. The molecule has 0 saturated carbocycles. The first-order chi connectivity index (χ1) is 6.99. The Labute approximate surface area is 88.4 Å². The fourth-order valence-corrected chi connectivity index (χ4v) is 1.89. The number of primary sulfonamides is 1. The van der Waals surface area contributed by atoms with E-state index >= 15 is 0 Å². The van der Waals surface area contributed by atoms with Crippen LogP contribution in [0.1, 0.15) is 19.0 Å². The maximum Gasteiger partial charge on any atom is 0.255 e. The molecule has 82 valence electrons. The molecule has 0 amide bonds. The zero-order chi connectivity index (χ0) is 11.5. The summed E-state index contributed by atoms with van der Waals surface area (Å²) in [6.07, 6.45) is 0.829. The first-order valence-electron chi connectivity index (χ1n) is 4.45. The summed E-state index contributed by atoms with van der Waals surface area (Å²) in [5.41, 5.74) is 0.650. The van der Waals surface area contributed by atoms with Gasteiger partial charge in [0, 0.05) is 0 Å². The summed E-state index contributed by atoms with van der Waals surface area (Å²) < 4.78 is 23.6. The highest BCUT2D eigenvalue weighted by Gasteiger charge is 2.16. The second-order valence-electron chi connectivity index (χ2n) is 3.00. The Morgan fingerprint density at radius 3 is 2.80 bits per heavy atom. The zero-order valence-electron chi connectivity index (χ0n) is 8.34. The molecule has 1 rings (SSSR count). The lowest BCUT2D eigenvalue weighted by Crippen LogP contribution is -2.18. The third-order valence-corrected chi connectivity index (χ3v) is 2.79. The first-order valence-corrected chi connectivity index (χ1v) is 6.00. The van der Waals surface area contributed by atoms with Crippen LogP contribution in [0.25, 0.3) is 0 Å². The molecule has 0 aromatic carbocycles. The molecule has 0 unspecified atom stereocenters. The number of hydrogen-bond acceptors (Lipinski definition) is 4. The van der Waals surface area contributed by atoms with Crippen LogP contribution in [-0.4, -0.2) is 18.2 Å². The van der Waals surface area contributed by atoms with Crippen LogP contribution >= 0.6 is 0 Å². The van der Waals surface area contributed by atoms with Gasteiger partial charge < -0.3 is 0 Å². The normalized spacial score (nSPS) is 11.3. The number of nitrogens with two attached hydrogens (primary N) is 1. The van der Waals surface area contributed by atoms with Crippen molar-refractivity contribution < 1.29 is 8.42 Å². The van der Waals surface area contributed by atoms with Crippen LogP contribution in [-0.2, 0) is 23.0 Å². The van der Waals surface area contributed by atoms with E-state index < -0.39 is 10.0 Å². The molecular weight excluding hydrogens is 216 g/mol. The van der Waals surface area contributed by atoms with Crippen molar-refractivity contribution in [2.75, 3.05) is 0 Å². The van der Waals surface area contributed by atoms with E-state index in [0.29, 0.717) is 12.1 Å². The lowest BCUT2D eigenvalue weighted by atomic mass is 10.3. The van der Waals surface area contributed by atoms with Crippen LogP contribution in [0.15, 0.2) is 11.1 Å². The summed E-state index contributed by atoms with van der Waals surface area (Å²) >= 11 is 0. The smallest absolute Gasteiger partial charge is 0.252 e. The minimum atomic E-state index is -3.76. The van der Waals surface area contributed by atoms with Gasteiger partial charge in [-0.3, -0.25) is 4.68 Å². The predicted molar refractivity (Wildman–Crippen MR) is 53.2 cm³/mol. The summed E-state index contributed by atoms with van der Waals surface area (Å²) in [5.74, 6) is 0. The van der Waals surface area contributed by atoms with Gasteiger partial charge in [0.05, 0.1) is 24.7 Å². The highest BCUT2D eigenvalue weighted by molar-refractivity contribution is 7.89. The second kappa shape index (κ2) is 4.42. The third kappa shape index (κ3) is 2.78. The maximum absolute atomic E-state index is 11.2. The van der Waals surface area contributed by atoms with Crippen LogP contribution < -0.4 is 5.14 Å². The lowest BCUT2D eigenvalue weighted by Gasteiger charge is -2.01. The summed E-state index contributed by atoms with van der Waals surface area (Å²) in [6, 6.07) is 3.36. The predicted octanol–water partition coefficient (Wildman–Crippen LogP) is 0.00658. The van der Waals surface area contributed by atoms with Gasteiger partial charge in [0.2, 0.25) is 0 Å². The second-order valence-corrected chi connectivity index (χ2v) is 4.51. The van der Waals surface area contributed by atoms with Gasteiger partial charge >= 0.3 is 0 Å². The average molecular weight is 228 g/mol. The number of nitriles is 1. The zero-order valence-corrected chi connectivity index (χ0v) is 9.16. The van der Waals surface area contributed by atoms with Crippen molar-refractivity contribution in [2.45, 2.75) is 31.3 Å². The number of aryl methyl sites for hydroxylation is 2. The number of nitrogens with zero attached hydrogens (tertiary/aromatic N) is 3. The quantitative estimate of drug-likeness (QED) is 0.783. The SMILES string of the molecule is CCc1cc(S(N)(=O)=O)n(CCC#N)n1. The van der Waals surface area contributed by atoms with E-state index in [-0.39, 0.29) is 18.0 Å². The van der Waals surface area contributed by atoms with E-state index in [1.807, 2.05) is 13.0 Å². The molecule has 0 aliphatic rings. The van der Waals surface area contributed by atoms with Gasteiger partial charge in [0.15, 0.2) is 5.03 Å². The topological polar surface area (TPSA) is 102 Å². The standard InChI is InChI=1S/C8H12N4O2S/c1-2-7-6-8(15(10,13)14)12(11-7)5-3-4-9/h6H,2-3,5H2,1H3,(H2,10,13,14). The number of hydrogen-bond donors (Lipinski definition) is 1. The minimum Gasteiger partial charge on any atom is -0.252 e. The largest absolute Gasteiger partial charge is 0.255 e. The Bertz CT molecular complexity index is 483. The van der Waals surface area contributed by atoms with Gasteiger partial charge in [-0.1, -0.05) is 6.92 Å². The van der Waals surface area contributed by atoms with Crippen molar-refractivity contribution in [1.29, 1.82) is 5.26 Å². The summed E-state index contributed by atoms with van der Waals surface area (Å²) in [7, 11) is -3.76. The van der Waals surface area contributed by atoms with E-state index in [1.165, 1.54) is 10.7 Å². The molecule has 0 aliphatic heterocycles. The van der Waals surface area contributed by atoms with Crippen molar-refractivity contribution in [3.05, 3.63) is 11.8 Å². The molecule has 1 aromatic heterocycles. The Morgan fingerprint density at radius 1 is 1.67 bits per heavy atom. The molecular formula is C8H12N4O2S. The van der Waals surface area contributed by atoms with Crippen LogP contribution in [0, 0.1) is 11.3 Å². The molecule has 15 heavy (non-hydrogen) atoms. The molecule has 0 radical (unpaired) electrons. The average Bonchev–Trinajstić information content (AvgIpc) is 2.57. The molecule has 0 atom stereocenters. The molecule has 2 N–H and O–H groups in total. The summed E-state index contributed by atoms with van der Waals surface area (Å²) in [4.78, 5) is 0. The van der Waals surface area contributed by atoms with Crippen LogP contribution in [0.3, 0.4) is 0 Å². The number of aromatic nitrogens is 2. The molecule has 6 nitrogen and oxygen atoms in total. The monoisotopic (exact) mass is 228 g/mol. The van der Waals surface area contributed by atoms with E-state index in [9.17, 15) is 8.42 Å². The highest BCUT2D eigenvalue weighted by Crippen LogP contribution is 2.10. The molecule has 0 bridgehead atoms. The molecule has 1 aromatic rings. The van der Waals surface area contributed by atoms with E-state index in [4.69, 9.17) is 10.4 Å². The van der Waals surface area contributed by atoms with Gasteiger partial charge in [0.25, 0.3) is 10.0 Å². The van der Waals surface area contributed by atoms with Gasteiger partial charge in [-0.25, -0.2) is 13.6 Å². The van der Waals surface area contributed by atoms with Crippen molar-refractivity contribution in [1.82, 2.24) is 9.78 Å². The molecule has 0 fully saturated rings. The van der Waals surface area contributed by atoms with Crippen molar-refractivity contribution in [3.63, 3.8) is 0 Å².